The van der Waals surface area contributed by atoms with Crippen molar-refractivity contribution in [3.8, 4) is 0 Å². The van der Waals surface area contributed by atoms with E-state index in [9.17, 15) is 9.59 Å². The van der Waals surface area contributed by atoms with Gasteiger partial charge in [-0.1, -0.05) is 59.8 Å². The number of anilines is 1. The predicted molar refractivity (Wildman–Crippen MR) is 142 cm³/mol. The van der Waals surface area contributed by atoms with Crippen LogP contribution in [0.25, 0.3) is 6.08 Å². The molecule has 2 aliphatic heterocycles. The van der Waals surface area contributed by atoms with Gasteiger partial charge in [-0.3, -0.25) is 9.59 Å². The highest BCUT2D eigenvalue weighted by Gasteiger charge is 2.29. The Kier molecular flexibility index (Phi) is 6.95. The number of nitrogens with zero attached hydrogens (tertiary/aromatic N) is 2. The van der Waals surface area contributed by atoms with Crippen molar-refractivity contribution in [2.45, 2.75) is 11.4 Å². The SMILES string of the molecule is C[NH+]1CCN(C(=O)c2ccc(C=C3Sc4ccccc4N(Cc4cccc(Cl)c4)C3=O)cc2)CC1. The Morgan fingerprint density at radius 2 is 1.77 bits per heavy atom. The number of carbonyl (C=O) groups excluding carboxylic acids is 2. The molecule has 2 amide bonds. The molecule has 0 radical (unpaired) electrons. The number of carbonyl (C=O) groups is 2. The molecule has 1 N–H and O–H groups in total. The molecular weight excluding hydrogens is 478 g/mol. The van der Waals surface area contributed by atoms with Gasteiger partial charge in [0.1, 0.15) is 0 Å². The third kappa shape index (κ3) is 5.30. The quantitative estimate of drug-likeness (QED) is 0.546. The molecule has 7 heteroatoms. The van der Waals surface area contributed by atoms with E-state index in [0.717, 1.165) is 47.9 Å². The highest BCUT2D eigenvalue weighted by molar-refractivity contribution is 8.04. The van der Waals surface area contributed by atoms with E-state index in [1.165, 1.54) is 16.7 Å². The van der Waals surface area contributed by atoms with Crippen LogP contribution in [0.2, 0.25) is 5.02 Å². The fourth-order valence-electron chi connectivity index (χ4n) is 4.38. The largest absolute Gasteiger partial charge is 0.334 e. The van der Waals surface area contributed by atoms with E-state index in [1.807, 2.05) is 83.8 Å². The molecule has 2 aliphatic rings. The Bertz CT molecular complexity index is 1280. The van der Waals surface area contributed by atoms with Crippen LogP contribution in [0.4, 0.5) is 5.69 Å². The summed E-state index contributed by atoms with van der Waals surface area (Å²) in [4.78, 5) is 33.3. The van der Waals surface area contributed by atoms with Gasteiger partial charge >= 0.3 is 0 Å². The zero-order valence-corrected chi connectivity index (χ0v) is 21.1. The molecule has 0 bridgehead atoms. The van der Waals surface area contributed by atoms with Crippen LogP contribution in [0, 0.1) is 0 Å². The number of thioether (sulfide) groups is 1. The van der Waals surface area contributed by atoms with Gasteiger partial charge in [0.05, 0.1) is 50.4 Å². The second-order valence-electron chi connectivity index (χ2n) is 8.97. The summed E-state index contributed by atoms with van der Waals surface area (Å²) in [5.41, 5.74) is 3.44. The molecule has 5 nitrogen and oxygen atoms in total. The van der Waals surface area contributed by atoms with Gasteiger partial charge in [0, 0.05) is 15.5 Å². The molecule has 0 aliphatic carbocycles. The number of likely N-dealkylation sites (N-methyl/N-ethyl adjacent to an activating group) is 1. The lowest BCUT2D eigenvalue weighted by molar-refractivity contribution is -0.883. The van der Waals surface area contributed by atoms with Crippen LogP contribution in [0.1, 0.15) is 21.5 Å². The molecule has 0 aromatic heterocycles. The molecule has 1 saturated heterocycles. The average Bonchev–Trinajstić information content (AvgIpc) is 2.87. The number of rotatable bonds is 4. The summed E-state index contributed by atoms with van der Waals surface area (Å²) in [5.74, 6) is 0.0233. The van der Waals surface area contributed by atoms with Crippen LogP contribution in [0.3, 0.4) is 0 Å². The number of fused-ring (bicyclic) bond motifs is 1. The molecule has 35 heavy (non-hydrogen) atoms. The van der Waals surface area contributed by atoms with Crippen LogP contribution in [0.15, 0.2) is 82.6 Å². The number of para-hydroxylation sites is 1. The first-order valence-corrected chi connectivity index (χ1v) is 12.9. The predicted octanol–water partition coefficient (Wildman–Crippen LogP) is 3.99. The van der Waals surface area contributed by atoms with E-state index >= 15 is 0 Å². The molecule has 0 unspecified atom stereocenters. The van der Waals surface area contributed by atoms with Gasteiger partial charge in [-0.15, -0.1) is 0 Å². The molecular formula is C28H27ClN3O2S+. The standard InChI is InChI=1S/C28H26ClN3O2S/c1-30-13-15-31(16-14-30)27(33)22-11-9-20(10-12-22)18-26-28(34)32(19-21-5-4-6-23(29)17-21)24-7-2-3-8-25(24)35-26/h2-12,17-18H,13-16,19H2,1H3/p+1. The maximum atomic E-state index is 13.5. The minimum absolute atomic E-state index is 0.0474. The first kappa shape index (κ1) is 23.7. The van der Waals surface area contributed by atoms with E-state index < -0.39 is 0 Å². The van der Waals surface area contributed by atoms with Crippen molar-refractivity contribution >= 4 is 46.9 Å². The first-order valence-electron chi connectivity index (χ1n) is 11.7. The van der Waals surface area contributed by atoms with Gasteiger partial charge in [0.15, 0.2) is 0 Å². The monoisotopic (exact) mass is 504 g/mol. The lowest BCUT2D eigenvalue weighted by atomic mass is 10.1. The lowest BCUT2D eigenvalue weighted by Crippen LogP contribution is -3.12. The van der Waals surface area contributed by atoms with Crippen molar-refractivity contribution in [3.63, 3.8) is 0 Å². The van der Waals surface area contributed by atoms with Gasteiger partial charge in [-0.05, 0) is 53.6 Å². The van der Waals surface area contributed by atoms with E-state index in [4.69, 9.17) is 11.6 Å². The summed E-state index contributed by atoms with van der Waals surface area (Å²) in [7, 11) is 2.16. The van der Waals surface area contributed by atoms with Crippen LogP contribution in [0.5, 0.6) is 0 Å². The van der Waals surface area contributed by atoms with E-state index in [0.29, 0.717) is 22.0 Å². The zero-order chi connectivity index (χ0) is 24.4. The third-order valence-electron chi connectivity index (χ3n) is 6.42. The topological polar surface area (TPSA) is 45.1 Å². The maximum absolute atomic E-state index is 13.5. The van der Waals surface area contributed by atoms with Gasteiger partial charge in [0.2, 0.25) is 0 Å². The molecule has 178 valence electrons. The molecule has 5 rings (SSSR count). The van der Waals surface area contributed by atoms with Crippen LogP contribution < -0.4 is 9.80 Å². The molecule has 0 spiro atoms. The number of piperazine rings is 1. The Balaban J connectivity index is 1.38. The smallest absolute Gasteiger partial charge is 0.265 e. The summed E-state index contributed by atoms with van der Waals surface area (Å²) in [6.45, 7) is 3.95. The number of quaternary nitrogens is 1. The van der Waals surface area contributed by atoms with Gasteiger partial charge in [-0.25, -0.2) is 0 Å². The van der Waals surface area contributed by atoms with E-state index in [2.05, 4.69) is 7.05 Å². The first-order chi connectivity index (χ1) is 17.0. The Morgan fingerprint density at radius 1 is 1.03 bits per heavy atom. The second-order valence-corrected chi connectivity index (χ2v) is 10.5. The molecule has 1 fully saturated rings. The second kappa shape index (κ2) is 10.3. The Labute approximate surface area is 215 Å². The number of hydrogen-bond donors (Lipinski definition) is 1. The van der Waals surface area contributed by atoms with Crippen LogP contribution in [-0.4, -0.2) is 49.9 Å². The van der Waals surface area contributed by atoms with Gasteiger partial charge in [0.25, 0.3) is 11.8 Å². The average molecular weight is 505 g/mol. The molecule has 2 heterocycles. The molecule has 0 saturated carbocycles. The van der Waals surface area contributed by atoms with Crippen molar-refractivity contribution in [1.82, 2.24) is 4.90 Å². The number of hydrogen-bond acceptors (Lipinski definition) is 3. The van der Waals surface area contributed by atoms with Crippen molar-refractivity contribution in [2.75, 3.05) is 38.1 Å². The van der Waals surface area contributed by atoms with Crippen molar-refractivity contribution in [2.24, 2.45) is 0 Å². The zero-order valence-electron chi connectivity index (χ0n) is 19.5. The number of nitrogens with one attached hydrogen (secondary N) is 1. The minimum atomic E-state index is -0.0474. The summed E-state index contributed by atoms with van der Waals surface area (Å²) in [6, 6.07) is 23.1. The Morgan fingerprint density at radius 3 is 2.51 bits per heavy atom. The van der Waals surface area contributed by atoms with Crippen molar-refractivity contribution < 1.29 is 14.5 Å². The van der Waals surface area contributed by atoms with E-state index in [-0.39, 0.29) is 11.8 Å². The highest BCUT2D eigenvalue weighted by atomic mass is 35.5. The third-order valence-corrected chi connectivity index (χ3v) is 7.73. The summed E-state index contributed by atoms with van der Waals surface area (Å²) in [5, 5.41) is 0.651. The summed E-state index contributed by atoms with van der Waals surface area (Å²) >= 11 is 7.66. The Hall–Kier alpha value is -3.06. The molecule has 3 aromatic rings. The molecule has 3 aromatic carbocycles. The normalized spacial score (nSPS) is 17.5. The highest BCUT2D eigenvalue weighted by Crippen LogP contribution is 2.42. The summed E-state index contributed by atoms with van der Waals surface area (Å²) in [6.07, 6.45) is 1.90. The number of benzene rings is 3. The van der Waals surface area contributed by atoms with Crippen molar-refractivity contribution in [1.29, 1.82) is 0 Å². The van der Waals surface area contributed by atoms with Gasteiger partial charge in [-0.2, -0.15) is 0 Å². The van der Waals surface area contributed by atoms with Crippen LogP contribution in [-0.2, 0) is 11.3 Å². The minimum Gasteiger partial charge on any atom is -0.334 e. The van der Waals surface area contributed by atoms with Crippen LogP contribution >= 0.6 is 23.4 Å². The summed E-state index contributed by atoms with van der Waals surface area (Å²) < 4.78 is 0. The lowest BCUT2D eigenvalue weighted by Gasteiger charge is -2.30. The van der Waals surface area contributed by atoms with Crippen molar-refractivity contribution in [3.05, 3.63) is 99.4 Å². The maximum Gasteiger partial charge on any atom is 0.265 e. The fraction of sp³-hybridized carbons (Fsp3) is 0.214. The fourth-order valence-corrected chi connectivity index (χ4v) is 5.66. The number of amides is 2. The number of halogens is 1. The van der Waals surface area contributed by atoms with Gasteiger partial charge < -0.3 is 14.7 Å². The molecule has 0 atom stereocenters. The van der Waals surface area contributed by atoms with E-state index in [1.54, 1.807) is 4.90 Å².